The van der Waals surface area contributed by atoms with Crippen molar-refractivity contribution in [3.63, 3.8) is 0 Å². The van der Waals surface area contributed by atoms with E-state index in [4.69, 9.17) is 0 Å². The summed E-state index contributed by atoms with van der Waals surface area (Å²) < 4.78 is 12.8. The lowest BCUT2D eigenvalue weighted by molar-refractivity contribution is 0.570. The highest BCUT2D eigenvalue weighted by atomic mass is 32.1. The zero-order valence-corrected chi connectivity index (χ0v) is 11.4. The Kier molecular flexibility index (Phi) is 4.44. The summed E-state index contributed by atoms with van der Waals surface area (Å²) in [5, 5.41) is 4.50. The molecular weight excluding hydrogens is 247 g/mol. The number of aryl methyl sites for hydroxylation is 1. The van der Waals surface area contributed by atoms with Gasteiger partial charge in [0.05, 0.1) is 6.04 Å². The molecule has 0 fully saturated rings. The van der Waals surface area contributed by atoms with Gasteiger partial charge in [0.1, 0.15) is 10.8 Å². The standard InChI is InChI=1S/C14H17FN2S/c1-3-13-9-17-14(18-13)10(2)16-8-11-4-6-12(15)7-5-11/h4-7,9-10,16H,3,8H2,1-2H3. The Bertz CT molecular complexity index is 493. The second-order valence-corrected chi connectivity index (χ2v) is 5.39. The first-order valence-corrected chi connectivity index (χ1v) is 6.93. The minimum absolute atomic E-state index is 0.195. The summed E-state index contributed by atoms with van der Waals surface area (Å²) in [5.41, 5.74) is 1.08. The lowest BCUT2D eigenvalue weighted by atomic mass is 10.2. The molecule has 4 heteroatoms. The van der Waals surface area contributed by atoms with Gasteiger partial charge in [0, 0.05) is 17.6 Å². The molecule has 1 N–H and O–H groups in total. The quantitative estimate of drug-likeness (QED) is 0.890. The van der Waals surface area contributed by atoms with Crippen molar-refractivity contribution in [2.75, 3.05) is 0 Å². The molecule has 18 heavy (non-hydrogen) atoms. The van der Waals surface area contributed by atoms with Gasteiger partial charge in [-0.3, -0.25) is 0 Å². The largest absolute Gasteiger partial charge is 0.304 e. The predicted octanol–water partition coefficient (Wildman–Crippen LogP) is 3.70. The lowest BCUT2D eigenvalue weighted by Crippen LogP contribution is -2.17. The summed E-state index contributed by atoms with van der Waals surface area (Å²) in [5.74, 6) is -0.195. The third-order valence-corrected chi connectivity index (χ3v) is 4.14. The number of aromatic nitrogens is 1. The maximum absolute atomic E-state index is 12.8. The summed E-state index contributed by atoms with van der Waals surface area (Å²) in [6.45, 7) is 4.96. The average molecular weight is 264 g/mol. The minimum atomic E-state index is -0.195. The Morgan fingerprint density at radius 1 is 1.33 bits per heavy atom. The van der Waals surface area contributed by atoms with E-state index in [9.17, 15) is 4.39 Å². The van der Waals surface area contributed by atoms with Gasteiger partial charge in [0.25, 0.3) is 0 Å². The maximum Gasteiger partial charge on any atom is 0.123 e. The number of benzene rings is 1. The smallest absolute Gasteiger partial charge is 0.123 e. The van der Waals surface area contributed by atoms with Crippen molar-refractivity contribution in [3.8, 4) is 0 Å². The van der Waals surface area contributed by atoms with Crippen molar-refractivity contribution in [2.45, 2.75) is 32.9 Å². The third kappa shape index (κ3) is 3.37. The van der Waals surface area contributed by atoms with Crippen molar-refractivity contribution in [1.29, 1.82) is 0 Å². The molecule has 96 valence electrons. The van der Waals surface area contributed by atoms with Crippen molar-refractivity contribution < 1.29 is 4.39 Å². The molecule has 0 bridgehead atoms. The second-order valence-electron chi connectivity index (χ2n) is 4.25. The van der Waals surface area contributed by atoms with Gasteiger partial charge in [0.15, 0.2) is 0 Å². The average Bonchev–Trinajstić information content (AvgIpc) is 2.86. The first-order chi connectivity index (χ1) is 8.69. The number of thiazole rings is 1. The van der Waals surface area contributed by atoms with Gasteiger partial charge in [-0.2, -0.15) is 0 Å². The van der Waals surface area contributed by atoms with E-state index in [0.29, 0.717) is 0 Å². The molecule has 2 nitrogen and oxygen atoms in total. The SMILES string of the molecule is CCc1cnc(C(C)NCc2ccc(F)cc2)s1. The Labute approximate surface area is 111 Å². The fourth-order valence-corrected chi connectivity index (χ4v) is 2.53. The van der Waals surface area contributed by atoms with Crippen molar-refractivity contribution >= 4 is 11.3 Å². The number of rotatable bonds is 5. The van der Waals surface area contributed by atoms with E-state index >= 15 is 0 Å². The highest BCUT2D eigenvalue weighted by molar-refractivity contribution is 7.11. The monoisotopic (exact) mass is 264 g/mol. The molecule has 1 aromatic heterocycles. The molecule has 0 aliphatic rings. The zero-order valence-electron chi connectivity index (χ0n) is 10.6. The first kappa shape index (κ1) is 13.2. The minimum Gasteiger partial charge on any atom is -0.304 e. The molecule has 2 aromatic rings. The van der Waals surface area contributed by atoms with Gasteiger partial charge >= 0.3 is 0 Å². The van der Waals surface area contributed by atoms with Crippen LogP contribution in [0, 0.1) is 5.82 Å². The van der Waals surface area contributed by atoms with Crippen molar-refractivity contribution in [2.24, 2.45) is 0 Å². The van der Waals surface area contributed by atoms with Gasteiger partial charge < -0.3 is 5.32 Å². The molecule has 0 spiro atoms. The molecule has 1 atom stereocenters. The molecule has 0 saturated carbocycles. The summed E-state index contributed by atoms with van der Waals surface area (Å²) in [6.07, 6.45) is 2.97. The molecule has 0 aliphatic carbocycles. The Hall–Kier alpha value is -1.26. The highest BCUT2D eigenvalue weighted by Crippen LogP contribution is 2.20. The van der Waals surface area contributed by atoms with Crippen LogP contribution in [0.4, 0.5) is 4.39 Å². The Morgan fingerprint density at radius 2 is 2.06 bits per heavy atom. The van der Waals surface area contributed by atoms with Gasteiger partial charge in [-0.1, -0.05) is 19.1 Å². The van der Waals surface area contributed by atoms with E-state index in [1.165, 1.54) is 17.0 Å². The van der Waals surface area contributed by atoms with Crippen LogP contribution in [0.5, 0.6) is 0 Å². The molecule has 0 aliphatic heterocycles. The van der Waals surface area contributed by atoms with E-state index in [0.717, 1.165) is 23.5 Å². The second kappa shape index (κ2) is 6.07. The maximum atomic E-state index is 12.8. The van der Waals surface area contributed by atoms with Crippen LogP contribution in [0.25, 0.3) is 0 Å². The van der Waals surface area contributed by atoms with E-state index in [-0.39, 0.29) is 11.9 Å². The molecule has 0 radical (unpaired) electrons. The van der Waals surface area contributed by atoms with Crippen molar-refractivity contribution in [3.05, 3.63) is 51.7 Å². The highest BCUT2D eigenvalue weighted by Gasteiger charge is 2.09. The van der Waals surface area contributed by atoms with E-state index in [1.54, 1.807) is 23.5 Å². The summed E-state index contributed by atoms with van der Waals surface area (Å²) in [7, 11) is 0. The van der Waals surface area contributed by atoms with Crippen LogP contribution in [-0.4, -0.2) is 4.98 Å². The van der Waals surface area contributed by atoms with E-state index in [1.807, 2.05) is 6.20 Å². The fraction of sp³-hybridized carbons (Fsp3) is 0.357. The van der Waals surface area contributed by atoms with Gasteiger partial charge in [-0.25, -0.2) is 9.37 Å². The van der Waals surface area contributed by atoms with Gasteiger partial charge in [-0.05, 0) is 31.0 Å². The van der Waals surface area contributed by atoms with Gasteiger partial charge in [-0.15, -0.1) is 11.3 Å². The zero-order chi connectivity index (χ0) is 13.0. The molecule has 1 unspecified atom stereocenters. The number of halogens is 1. The predicted molar refractivity (Wildman–Crippen MR) is 73.1 cm³/mol. The number of hydrogen-bond acceptors (Lipinski definition) is 3. The number of nitrogens with zero attached hydrogens (tertiary/aromatic N) is 1. The van der Waals surface area contributed by atoms with Gasteiger partial charge in [0.2, 0.25) is 0 Å². The number of nitrogens with one attached hydrogen (secondary N) is 1. The van der Waals surface area contributed by atoms with Crippen molar-refractivity contribution in [1.82, 2.24) is 10.3 Å². The van der Waals surface area contributed by atoms with Crippen LogP contribution in [0.2, 0.25) is 0 Å². The van der Waals surface area contributed by atoms with E-state index < -0.39 is 0 Å². The summed E-state index contributed by atoms with van der Waals surface area (Å²) >= 11 is 1.74. The van der Waals surface area contributed by atoms with Crippen LogP contribution in [-0.2, 0) is 13.0 Å². The fourth-order valence-electron chi connectivity index (χ4n) is 1.65. The molecule has 1 heterocycles. The first-order valence-electron chi connectivity index (χ1n) is 6.11. The summed E-state index contributed by atoms with van der Waals surface area (Å²) in [4.78, 5) is 5.72. The lowest BCUT2D eigenvalue weighted by Gasteiger charge is -2.10. The topological polar surface area (TPSA) is 24.9 Å². The molecule has 0 saturated heterocycles. The number of hydrogen-bond donors (Lipinski definition) is 1. The Balaban J connectivity index is 1.91. The Morgan fingerprint density at radius 3 is 2.67 bits per heavy atom. The van der Waals surface area contributed by atoms with Crippen LogP contribution < -0.4 is 5.32 Å². The van der Waals surface area contributed by atoms with Crippen LogP contribution >= 0.6 is 11.3 Å². The molecule has 1 aromatic carbocycles. The van der Waals surface area contributed by atoms with Crippen LogP contribution in [0.15, 0.2) is 30.5 Å². The van der Waals surface area contributed by atoms with Crippen LogP contribution in [0.1, 0.15) is 35.3 Å². The molecule has 2 rings (SSSR count). The van der Waals surface area contributed by atoms with Crippen LogP contribution in [0.3, 0.4) is 0 Å². The normalized spacial score (nSPS) is 12.6. The molecular formula is C14H17FN2S. The third-order valence-electron chi connectivity index (χ3n) is 2.82. The summed E-state index contributed by atoms with van der Waals surface area (Å²) in [6, 6.07) is 6.80. The molecule has 0 amide bonds. The van der Waals surface area contributed by atoms with E-state index in [2.05, 4.69) is 24.1 Å².